The quantitative estimate of drug-likeness (QED) is 0.186. The highest BCUT2D eigenvalue weighted by Crippen LogP contribution is 2.46. The Kier molecular flexibility index (Phi) is 6.63. The number of nitrogens with zero attached hydrogens (tertiary/aromatic N) is 2. The first kappa shape index (κ1) is 30.8. The number of benzene rings is 8. The smallest absolute Gasteiger partial charge is 0.197 e. The average Bonchev–Trinajstić information content (AvgIpc) is 3.57. The first-order chi connectivity index (χ1) is 26.5. The fourth-order valence-electron chi connectivity index (χ4n) is 8.99. The summed E-state index contributed by atoms with van der Waals surface area (Å²) in [6.45, 7) is 6.73. The molecule has 2 aliphatic rings. The van der Waals surface area contributed by atoms with Crippen LogP contribution in [0, 0.1) is 6.92 Å². The van der Waals surface area contributed by atoms with Crippen molar-refractivity contribution in [2.75, 3.05) is 17.3 Å². The lowest BCUT2D eigenvalue weighted by molar-refractivity contribution is 1.16. The molecule has 3 nitrogen and oxygen atoms in total. The predicted molar refractivity (Wildman–Crippen MR) is 233 cm³/mol. The Morgan fingerprint density at radius 3 is 2.19 bits per heavy atom. The fourth-order valence-corrected chi connectivity index (χ4v) is 8.99. The summed E-state index contributed by atoms with van der Waals surface area (Å²) in [5.74, 6) is 0. The molecule has 1 radical (unpaired) electrons. The van der Waals surface area contributed by atoms with E-state index < -0.39 is 0 Å². The summed E-state index contributed by atoms with van der Waals surface area (Å²) >= 11 is 0. The molecule has 0 saturated carbocycles. The van der Waals surface area contributed by atoms with Gasteiger partial charge in [0.2, 0.25) is 0 Å². The first-order valence-electron chi connectivity index (χ1n) is 18.6. The van der Waals surface area contributed by atoms with Crippen LogP contribution in [0.2, 0.25) is 0 Å². The van der Waals surface area contributed by atoms with Crippen LogP contribution < -0.4 is 21.1 Å². The molecule has 0 amide bonds. The molecule has 11 rings (SSSR count). The summed E-state index contributed by atoms with van der Waals surface area (Å²) in [5.41, 5.74) is 17.5. The maximum Gasteiger partial charge on any atom is 0.197 e. The molecule has 4 heteroatoms. The van der Waals surface area contributed by atoms with E-state index in [0.29, 0.717) is 0 Å². The van der Waals surface area contributed by atoms with Crippen LogP contribution in [0.1, 0.15) is 16.7 Å². The number of aromatic nitrogens is 1. The molecule has 8 aromatic carbocycles. The third kappa shape index (κ3) is 4.43. The molecule has 9 aromatic rings. The van der Waals surface area contributed by atoms with Crippen LogP contribution in [0.4, 0.5) is 17.1 Å². The molecule has 3 heterocycles. The lowest BCUT2D eigenvalue weighted by atomic mass is 9.58. The maximum atomic E-state index is 4.60. The molecular weight excluding hydrogens is 653 g/mol. The Morgan fingerprint density at radius 1 is 0.630 bits per heavy atom. The van der Waals surface area contributed by atoms with Gasteiger partial charge in [-0.25, -0.2) is 0 Å². The Bertz CT molecular complexity index is 3080. The summed E-state index contributed by atoms with van der Waals surface area (Å²) in [6, 6.07) is 55.2. The van der Waals surface area contributed by atoms with Gasteiger partial charge in [-0.15, -0.1) is 0 Å². The molecule has 54 heavy (non-hydrogen) atoms. The van der Waals surface area contributed by atoms with Gasteiger partial charge >= 0.3 is 0 Å². The molecule has 0 bridgehead atoms. The molecule has 0 fully saturated rings. The molecule has 0 unspecified atom stereocenters. The van der Waals surface area contributed by atoms with Gasteiger partial charge in [0.25, 0.3) is 0 Å². The molecule has 1 N–H and O–H groups in total. The number of hydrogen-bond acceptors (Lipinski definition) is 2. The molecular formula is C50H35BN3. The van der Waals surface area contributed by atoms with Crippen molar-refractivity contribution in [3.05, 3.63) is 181 Å². The van der Waals surface area contributed by atoms with E-state index in [0.717, 1.165) is 33.9 Å². The van der Waals surface area contributed by atoms with Crippen molar-refractivity contribution in [1.82, 2.24) is 4.57 Å². The Balaban J connectivity index is 1.25. The van der Waals surface area contributed by atoms with Crippen LogP contribution >= 0.6 is 0 Å². The molecule has 0 aliphatic carbocycles. The minimum atomic E-state index is 1.02. The van der Waals surface area contributed by atoms with Crippen LogP contribution in [-0.4, -0.2) is 18.9 Å². The second-order valence-corrected chi connectivity index (χ2v) is 14.7. The fraction of sp³-hybridized carbons (Fsp3) is 0.0400. The Morgan fingerprint density at radius 2 is 1.35 bits per heavy atom. The topological polar surface area (TPSA) is 20.2 Å². The zero-order chi connectivity index (χ0) is 36.1. The van der Waals surface area contributed by atoms with Gasteiger partial charge in [-0.2, -0.15) is 0 Å². The van der Waals surface area contributed by atoms with Gasteiger partial charge in [-0.1, -0.05) is 139 Å². The second-order valence-electron chi connectivity index (χ2n) is 14.7. The van der Waals surface area contributed by atoms with Gasteiger partial charge < -0.3 is 14.8 Å². The minimum Gasteiger partial charge on any atom is -0.355 e. The molecule has 253 valence electrons. The summed E-state index contributed by atoms with van der Waals surface area (Å²) in [6.07, 6.45) is 2.22. The Hall–Kier alpha value is -6.78. The zero-order valence-electron chi connectivity index (χ0n) is 30.2. The number of nitrogens with one attached hydrogen (secondary N) is 1. The third-order valence-electron chi connectivity index (χ3n) is 11.5. The molecule has 0 atom stereocenters. The summed E-state index contributed by atoms with van der Waals surface area (Å²) < 4.78 is 2.55. The van der Waals surface area contributed by atoms with Crippen molar-refractivity contribution in [2.24, 2.45) is 0 Å². The standard InChI is InChI=1S/C50H35BN3/c1-30-21-24-34(25-22-30)52-41-20-12-11-19-38(41)46-36-17-9-10-18-37(36)48-47-35-16-8-7-13-32(35)23-26-42(47)54-45-29-44-39(28-40(45)51-49(46)50(48)54)31(2)27-43(53(44)3)33-14-5-4-6-15-33/h4-29,52H,2H2,1,3H3. The van der Waals surface area contributed by atoms with E-state index in [2.05, 4.69) is 200 Å². The highest BCUT2D eigenvalue weighted by molar-refractivity contribution is 6.74. The zero-order valence-corrected chi connectivity index (χ0v) is 30.2. The van der Waals surface area contributed by atoms with Crippen molar-refractivity contribution < 1.29 is 0 Å². The molecule has 1 aromatic heterocycles. The van der Waals surface area contributed by atoms with Crippen LogP contribution in [0.25, 0.3) is 71.4 Å². The predicted octanol–water partition coefficient (Wildman–Crippen LogP) is 11.3. The third-order valence-corrected chi connectivity index (χ3v) is 11.5. The number of aryl methyl sites for hydroxylation is 1. The van der Waals surface area contributed by atoms with Crippen LogP contribution in [0.5, 0.6) is 0 Å². The van der Waals surface area contributed by atoms with E-state index >= 15 is 0 Å². The molecule has 0 saturated heterocycles. The van der Waals surface area contributed by atoms with E-state index in [1.54, 1.807) is 0 Å². The average molecular weight is 689 g/mol. The first-order valence-corrected chi connectivity index (χ1v) is 18.6. The van der Waals surface area contributed by atoms with E-state index in [-0.39, 0.29) is 0 Å². The minimum absolute atomic E-state index is 1.02. The molecule has 2 aliphatic heterocycles. The van der Waals surface area contributed by atoms with Crippen LogP contribution in [0.3, 0.4) is 0 Å². The highest BCUT2D eigenvalue weighted by atomic mass is 15.1. The molecule has 0 spiro atoms. The number of fused-ring (bicyclic) bond motifs is 10. The summed E-state index contributed by atoms with van der Waals surface area (Å²) in [7, 11) is 4.62. The van der Waals surface area contributed by atoms with Gasteiger partial charge in [0, 0.05) is 57.2 Å². The second kappa shape index (κ2) is 11.6. The van der Waals surface area contributed by atoms with Gasteiger partial charge in [0.1, 0.15) is 0 Å². The van der Waals surface area contributed by atoms with E-state index in [1.165, 1.54) is 82.2 Å². The number of para-hydroxylation sites is 1. The van der Waals surface area contributed by atoms with Crippen LogP contribution in [0.15, 0.2) is 164 Å². The van der Waals surface area contributed by atoms with E-state index in [9.17, 15) is 0 Å². The monoisotopic (exact) mass is 688 g/mol. The van der Waals surface area contributed by atoms with Gasteiger partial charge in [-0.05, 0) is 87.0 Å². The number of hydrogen-bond donors (Lipinski definition) is 1. The Labute approximate surface area is 315 Å². The number of anilines is 3. The van der Waals surface area contributed by atoms with E-state index in [1.807, 2.05) is 0 Å². The van der Waals surface area contributed by atoms with Crippen LogP contribution in [-0.2, 0) is 0 Å². The lowest BCUT2D eigenvalue weighted by Crippen LogP contribution is -2.38. The van der Waals surface area contributed by atoms with Crippen molar-refractivity contribution >= 4 is 89.9 Å². The van der Waals surface area contributed by atoms with Crippen molar-refractivity contribution in [1.29, 1.82) is 0 Å². The lowest BCUT2D eigenvalue weighted by Gasteiger charge is -2.33. The summed E-state index contributed by atoms with van der Waals surface area (Å²) in [5, 5.41) is 11.4. The van der Waals surface area contributed by atoms with E-state index in [4.69, 9.17) is 0 Å². The maximum absolute atomic E-state index is 4.60. The normalized spacial score (nSPS) is 13.3. The summed E-state index contributed by atoms with van der Waals surface area (Å²) in [4.78, 5) is 2.33. The largest absolute Gasteiger partial charge is 0.355 e. The number of rotatable bonds is 4. The van der Waals surface area contributed by atoms with Gasteiger partial charge in [0.05, 0.1) is 11.2 Å². The van der Waals surface area contributed by atoms with Gasteiger partial charge in [0.15, 0.2) is 7.28 Å². The SMILES string of the molecule is C=C1C=C(c2ccccc2)N(C)c2cc3c(cc21)[B]c1c(-c2ccccc2Nc2ccc(C)cc2)c2ccccc2c2c4c5ccccc5ccc4n-3c12. The van der Waals surface area contributed by atoms with Crippen molar-refractivity contribution in [2.45, 2.75) is 6.92 Å². The highest BCUT2D eigenvalue weighted by Gasteiger charge is 2.32. The van der Waals surface area contributed by atoms with Crippen molar-refractivity contribution in [3.8, 4) is 16.8 Å². The van der Waals surface area contributed by atoms with Crippen molar-refractivity contribution in [3.63, 3.8) is 0 Å². The van der Waals surface area contributed by atoms with Gasteiger partial charge in [-0.3, -0.25) is 0 Å². The number of allylic oxidation sites excluding steroid dienone is 2.